The topological polar surface area (TPSA) is 41.6 Å². The molecule has 0 aromatic heterocycles. The first-order chi connectivity index (χ1) is 13.4. The van der Waals surface area contributed by atoms with Crippen molar-refractivity contribution in [2.75, 3.05) is 18.0 Å². The molecule has 3 rings (SSSR count). The lowest BCUT2D eigenvalue weighted by molar-refractivity contribution is -0.162. The maximum Gasteiger partial charge on any atom is 0.307 e. The minimum Gasteiger partial charge on any atom is -0.442 e. The highest BCUT2D eigenvalue weighted by molar-refractivity contribution is 9.10. The number of ether oxygens (including phenoxy) is 1. The number of nitrogens with one attached hydrogen (secondary N) is 1. The number of nitrogens with zero attached hydrogens (tertiary/aromatic N) is 1. The molecule has 1 aromatic rings. The van der Waals surface area contributed by atoms with Crippen LogP contribution in [-0.2, 0) is 9.53 Å². The summed E-state index contributed by atoms with van der Waals surface area (Å²) in [6.07, 6.45) is 8.61. The van der Waals surface area contributed by atoms with Crippen LogP contribution in [0.3, 0.4) is 0 Å². The zero-order valence-electron chi connectivity index (χ0n) is 16.4. The molecule has 2 aliphatic heterocycles. The number of unbranched alkanes of at least 4 members (excludes halogenated alkanes) is 5. The molecule has 7 heteroatoms. The third-order valence-electron chi connectivity index (χ3n) is 5.62. The number of esters is 1. The van der Waals surface area contributed by atoms with Gasteiger partial charge in [0, 0.05) is 31.5 Å². The van der Waals surface area contributed by atoms with Crippen molar-refractivity contribution in [1.82, 2.24) is 5.32 Å². The van der Waals surface area contributed by atoms with E-state index < -0.39 is 17.4 Å². The summed E-state index contributed by atoms with van der Waals surface area (Å²) in [7, 11) is 0. The van der Waals surface area contributed by atoms with Gasteiger partial charge in [0.1, 0.15) is 11.6 Å². The summed E-state index contributed by atoms with van der Waals surface area (Å²) in [6, 6.07) is 2.45. The van der Waals surface area contributed by atoms with E-state index >= 15 is 0 Å². The van der Waals surface area contributed by atoms with E-state index in [1.807, 2.05) is 0 Å². The Balaban J connectivity index is 1.58. The van der Waals surface area contributed by atoms with Crippen molar-refractivity contribution in [3.8, 4) is 0 Å². The van der Waals surface area contributed by atoms with Crippen molar-refractivity contribution in [3.63, 3.8) is 0 Å². The Kier molecular flexibility index (Phi) is 7.31. The van der Waals surface area contributed by atoms with Crippen molar-refractivity contribution in [3.05, 3.63) is 28.2 Å². The van der Waals surface area contributed by atoms with Crippen molar-refractivity contribution < 1.29 is 18.3 Å². The van der Waals surface area contributed by atoms with E-state index in [0.717, 1.165) is 31.7 Å². The molecule has 2 heterocycles. The standard InChI is InChI=1S/C21H29BrF2N2O2/c1-2-3-4-5-6-7-8-20(27)28-21-10-9-15(25-21)13-26(14-21)19-12-17(23)16(22)11-18(19)24/h11-12,15,25H,2-10,13-14H2,1H3. The molecule has 2 unspecified atom stereocenters. The summed E-state index contributed by atoms with van der Waals surface area (Å²) >= 11 is 3.01. The molecule has 0 aliphatic carbocycles. The molecule has 2 aliphatic rings. The molecule has 2 bridgehead atoms. The Labute approximate surface area is 174 Å². The van der Waals surface area contributed by atoms with Crippen LogP contribution in [0.25, 0.3) is 0 Å². The molecule has 2 atom stereocenters. The summed E-state index contributed by atoms with van der Waals surface area (Å²) in [5.41, 5.74) is -0.594. The van der Waals surface area contributed by atoms with Gasteiger partial charge in [0.25, 0.3) is 0 Å². The number of carbonyl (C=O) groups excluding carboxylic acids is 1. The van der Waals surface area contributed by atoms with E-state index in [2.05, 4.69) is 28.2 Å². The van der Waals surface area contributed by atoms with Gasteiger partial charge in [0.15, 0.2) is 5.72 Å². The van der Waals surface area contributed by atoms with Gasteiger partial charge in [-0.25, -0.2) is 8.78 Å². The van der Waals surface area contributed by atoms with E-state index in [1.54, 1.807) is 4.90 Å². The first-order valence-electron chi connectivity index (χ1n) is 10.3. The van der Waals surface area contributed by atoms with Crippen LogP contribution in [0.2, 0.25) is 0 Å². The first kappa shape index (κ1) is 21.5. The fourth-order valence-electron chi connectivity index (χ4n) is 4.19. The molecular formula is C21H29BrF2N2O2. The fraction of sp³-hybridized carbons (Fsp3) is 0.667. The number of anilines is 1. The van der Waals surface area contributed by atoms with Crippen LogP contribution in [0.4, 0.5) is 14.5 Å². The highest BCUT2D eigenvalue weighted by Gasteiger charge is 2.48. The van der Waals surface area contributed by atoms with Gasteiger partial charge in [-0.2, -0.15) is 0 Å². The average molecular weight is 459 g/mol. The zero-order valence-corrected chi connectivity index (χ0v) is 18.0. The maximum atomic E-state index is 14.4. The predicted molar refractivity (Wildman–Crippen MR) is 109 cm³/mol. The highest BCUT2D eigenvalue weighted by Crippen LogP contribution is 2.36. The fourth-order valence-corrected chi connectivity index (χ4v) is 4.51. The van der Waals surface area contributed by atoms with Gasteiger partial charge in [0.05, 0.1) is 16.7 Å². The lowest BCUT2D eigenvalue weighted by Gasteiger charge is -2.41. The zero-order chi connectivity index (χ0) is 20.1. The summed E-state index contributed by atoms with van der Waals surface area (Å²) in [4.78, 5) is 14.2. The highest BCUT2D eigenvalue weighted by atomic mass is 79.9. The Morgan fingerprint density at radius 1 is 1.25 bits per heavy atom. The largest absolute Gasteiger partial charge is 0.442 e. The molecular weight excluding hydrogens is 430 g/mol. The Morgan fingerprint density at radius 3 is 2.79 bits per heavy atom. The van der Waals surface area contributed by atoms with Gasteiger partial charge in [-0.15, -0.1) is 0 Å². The van der Waals surface area contributed by atoms with Crippen LogP contribution < -0.4 is 10.2 Å². The second kappa shape index (κ2) is 9.53. The monoisotopic (exact) mass is 458 g/mol. The van der Waals surface area contributed by atoms with Crippen molar-refractivity contribution >= 4 is 27.6 Å². The number of carbonyl (C=O) groups is 1. The number of rotatable bonds is 9. The van der Waals surface area contributed by atoms with Crippen LogP contribution in [0.5, 0.6) is 0 Å². The third-order valence-corrected chi connectivity index (χ3v) is 6.23. The number of hydrogen-bond acceptors (Lipinski definition) is 4. The van der Waals surface area contributed by atoms with Crippen LogP contribution in [-0.4, -0.2) is 30.8 Å². The van der Waals surface area contributed by atoms with Gasteiger partial charge < -0.3 is 9.64 Å². The second-order valence-electron chi connectivity index (χ2n) is 7.96. The van der Waals surface area contributed by atoms with E-state index in [9.17, 15) is 13.6 Å². The molecule has 0 radical (unpaired) electrons. The molecule has 28 heavy (non-hydrogen) atoms. The predicted octanol–water partition coefficient (Wildman–Crippen LogP) is 5.29. The van der Waals surface area contributed by atoms with Crippen LogP contribution in [0, 0.1) is 11.6 Å². The van der Waals surface area contributed by atoms with Crippen LogP contribution in [0.1, 0.15) is 64.7 Å². The van der Waals surface area contributed by atoms with E-state index in [0.29, 0.717) is 25.9 Å². The molecule has 1 N–H and O–H groups in total. The van der Waals surface area contributed by atoms with Crippen LogP contribution >= 0.6 is 15.9 Å². The number of halogens is 3. The van der Waals surface area contributed by atoms with Crippen molar-refractivity contribution in [2.45, 2.75) is 76.5 Å². The number of benzene rings is 1. The molecule has 0 amide bonds. The van der Waals surface area contributed by atoms with Crippen molar-refractivity contribution in [2.24, 2.45) is 0 Å². The van der Waals surface area contributed by atoms with Crippen molar-refractivity contribution in [1.29, 1.82) is 0 Å². The Morgan fingerprint density at radius 2 is 2.00 bits per heavy atom. The molecule has 2 fully saturated rings. The molecule has 156 valence electrons. The molecule has 0 spiro atoms. The number of piperazine rings is 1. The van der Waals surface area contributed by atoms with E-state index in [-0.39, 0.29) is 22.2 Å². The molecule has 0 saturated carbocycles. The minimum absolute atomic E-state index is 0.0988. The first-order valence-corrected chi connectivity index (χ1v) is 11.1. The third kappa shape index (κ3) is 5.23. The number of hydrogen-bond donors (Lipinski definition) is 1. The maximum absolute atomic E-state index is 14.4. The lowest BCUT2D eigenvalue weighted by atomic mass is 10.1. The molecule has 4 nitrogen and oxygen atoms in total. The summed E-state index contributed by atoms with van der Waals surface area (Å²) in [6.45, 7) is 3.07. The van der Waals surface area contributed by atoms with Gasteiger partial charge in [0.2, 0.25) is 0 Å². The Bertz CT molecular complexity index is 703. The van der Waals surface area contributed by atoms with Crippen LogP contribution in [0.15, 0.2) is 16.6 Å². The van der Waals surface area contributed by atoms with E-state index in [4.69, 9.17) is 4.74 Å². The molecule has 2 saturated heterocycles. The second-order valence-corrected chi connectivity index (χ2v) is 8.82. The van der Waals surface area contributed by atoms with Gasteiger partial charge >= 0.3 is 5.97 Å². The minimum atomic E-state index is -0.807. The smallest absolute Gasteiger partial charge is 0.307 e. The Hall–Kier alpha value is -1.21. The SMILES string of the molecule is CCCCCCCCC(=O)OC12CCC(CN(c3cc(F)c(Br)cc3F)C1)N2. The molecule has 1 aromatic carbocycles. The number of fused-ring (bicyclic) bond motifs is 2. The van der Waals surface area contributed by atoms with Gasteiger partial charge in [-0.1, -0.05) is 39.0 Å². The normalized spacial score (nSPS) is 23.9. The summed E-state index contributed by atoms with van der Waals surface area (Å²) in [5.74, 6) is -1.20. The van der Waals surface area contributed by atoms with Gasteiger partial charge in [-0.3, -0.25) is 10.1 Å². The van der Waals surface area contributed by atoms with Gasteiger partial charge in [-0.05, 0) is 34.8 Å². The van der Waals surface area contributed by atoms with E-state index in [1.165, 1.54) is 25.3 Å². The average Bonchev–Trinajstić information content (AvgIpc) is 2.94. The lowest BCUT2D eigenvalue weighted by Crippen LogP contribution is -2.61. The quantitative estimate of drug-likeness (QED) is 0.310. The summed E-state index contributed by atoms with van der Waals surface area (Å²) in [5, 5.41) is 3.39. The summed E-state index contributed by atoms with van der Waals surface area (Å²) < 4.78 is 34.3.